The zero-order valence-corrected chi connectivity index (χ0v) is 18.2. The Bertz CT molecular complexity index is 1270. The number of pyridine rings is 1. The van der Waals surface area contributed by atoms with E-state index in [1.54, 1.807) is 37.7 Å². The molecule has 6 nitrogen and oxygen atoms in total. The lowest BCUT2D eigenvalue weighted by atomic mass is 10.0. The first-order valence-corrected chi connectivity index (χ1v) is 10.5. The van der Waals surface area contributed by atoms with Crippen molar-refractivity contribution in [2.24, 2.45) is 5.10 Å². The number of methoxy groups -OCH3 is 2. The molecule has 0 fully saturated rings. The third-order valence-corrected chi connectivity index (χ3v) is 5.83. The summed E-state index contributed by atoms with van der Waals surface area (Å²) >= 11 is 1.57. The van der Waals surface area contributed by atoms with E-state index in [1.807, 2.05) is 60.8 Å². The van der Waals surface area contributed by atoms with Crippen LogP contribution >= 0.6 is 11.3 Å². The molecule has 2 aromatic heterocycles. The molecule has 0 aliphatic rings. The number of hydrazone groups is 1. The Morgan fingerprint density at radius 1 is 1.03 bits per heavy atom. The number of rotatable bonds is 6. The predicted molar refractivity (Wildman–Crippen MR) is 124 cm³/mol. The summed E-state index contributed by atoms with van der Waals surface area (Å²) in [6, 6.07) is 18.7. The van der Waals surface area contributed by atoms with E-state index in [0.29, 0.717) is 28.3 Å². The Morgan fingerprint density at radius 2 is 1.87 bits per heavy atom. The number of ether oxygens (including phenoxy) is 2. The van der Waals surface area contributed by atoms with E-state index in [9.17, 15) is 4.79 Å². The number of hydrogen-bond donors (Lipinski definition) is 1. The Balaban J connectivity index is 1.77. The molecule has 4 rings (SSSR count). The largest absolute Gasteiger partial charge is 0.497 e. The molecule has 0 saturated heterocycles. The van der Waals surface area contributed by atoms with Gasteiger partial charge < -0.3 is 9.47 Å². The summed E-state index contributed by atoms with van der Waals surface area (Å²) in [6.07, 6.45) is 0. The van der Waals surface area contributed by atoms with Crippen molar-refractivity contribution in [2.45, 2.75) is 6.92 Å². The van der Waals surface area contributed by atoms with Crippen LogP contribution in [0.4, 0.5) is 0 Å². The van der Waals surface area contributed by atoms with E-state index in [4.69, 9.17) is 14.5 Å². The van der Waals surface area contributed by atoms with Gasteiger partial charge in [-0.05, 0) is 42.6 Å². The molecule has 4 aromatic rings. The first-order chi connectivity index (χ1) is 15.1. The van der Waals surface area contributed by atoms with Gasteiger partial charge in [0, 0.05) is 21.9 Å². The maximum absolute atomic E-state index is 13.1. The Kier molecular flexibility index (Phi) is 5.95. The van der Waals surface area contributed by atoms with Crippen molar-refractivity contribution in [3.8, 4) is 22.8 Å². The van der Waals surface area contributed by atoms with Crippen molar-refractivity contribution in [1.29, 1.82) is 0 Å². The van der Waals surface area contributed by atoms with E-state index >= 15 is 0 Å². The van der Waals surface area contributed by atoms with Crippen LogP contribution in [0.1, 0.15) is 22.2 Å². The predicted octanol–water partition coefficient (Wildman–Crippen LogP) is 5.13. The van der Waals surface area contributed by atoms with Gasteiger partial charge in [-0.1, -0.05) is 24.3 Å². The molecule has 31 heavy (non-hydrogen) atoms. The number of fused-ring (bicyclic) bond motifs is 1. The lowest BCUT2D eigenvalue weighted by Crippen LogP contribution is -2.19. The first-order valence-electron chi connectivity index (χ1n) is 9.61. The summed E-state index contributed by atoms with van der Waals surface area (Å²) in [5, 5.41) is 7.00. The third-order valence-electron chi connectivity index (χ3n) is 4.85. The van der Waals surface area contributed by atoms with Crippen LogP contribution < -0.4 is 14.9 Å². The highest BCUT2D eigenvalue weighted by Crippen LogP contribution is 2.34. The molecular weight excluding hydrogens is 410 g/mol. The molecule has 2 heterocycles. The average molecular weight is 432 g/mol. The fourth-order valence-corrected chi connectivity index (χ4v) is 3.92. The van der Waals surface area contributed by atoms with E-state index in [1.165, 1.54) is 0 Å². The minimum Gasteiger partial charge on any atom is -0.497 e. The third kappa shape index (κ3) is 4.27. The van der Waals surface area contributed by atoms with Gasteiger partial charge in [-0.2, -0.15) is 5.10 Å². The lowest BCUT2D eigenvalue weighted by Gasteiger charge is -2.13. The number of benzene rings is 2. The van der Waals surface area contributed by atoms with Gasteiger partial charge in [0.15, 0.2) is 0 Å². The monoisotopic (exact) mass is 431 g/mol. The number of thiophene rings is 1. The smallest absolute Gasteiger partial charge is 0.272 e. The van der Waals surface area contributed by atoms with Gasteiger partial charge in [-0.25, -0.2) is 10.4 Å². The van der Waals surface area contributed by atoms with Gasteiger partial charge in [0.05, 0.1) is 36.7 Å². The molecule has 0 saturated carbocycles. The highest BCUT2D eigenvalue weighted by atomic mass is 32.1. The van der Waals surface area contributed by atoms with E-state index in [0.717, 1.165) is 21.5 Å². The number of nitrogens with one attached hydrogen (secondary N) is 1. The molecule has 0 aliphatic carbocycles. The van der Waals surface area contributed by atoms with Crippen molar-refractivity contribution in [2.75, 3.05) is 14.2 Å². The minimum atomic E-state index is -0.303. The molecular formula is C24H21N3O3S. The maximum atomic E-state index is 13.1. The minimum absolute atomic E-state index is 0.303. The molecule has 2 aromatic carbocycles. The molecule has 0 aliphatic heterocycles. The van der Waals surface area contributed by atoms with Gasteiger partial charge >= 0.3 is 0 Å². The van der Waals surface area contributed by atoms with E-state index in [2.05, 4.69) is 10.5 Å². The Labute approximate surface area is 184 Å². The van der Waals surface area contributed by atoms with Crippen molar-refractivity contribution in [1.82, 2.24) is 10.4 Å². The molecule has 0 unspecified atom stereocenters. The quantitative estimate of drug-likeness (QED) is 0.339. The molecule has 0 radical (unpaired) electrons. The number of aromatic nitrogens is 1. The topological polar surface area (TPSA) is 72.8 Å². The van der Waals surface area contributed by atoms with Crippen molar-refractivity contribution in [3.05, 3.63) is 76.5 Å². The molecule has 0 atom stereocenters. The van der Waals surface area contributed by atoms with Crippen molar-refractivity contribution < 1.29 is 14.3 Å². The van der Waals surface area contributed by atoms with Crippen LogP contribution in [-0.2, 0) is 0 Å². The Hall–Kier alpha value is -3.71. The molecule has 1 N–H and O–H groups in total. The second-order valence-electron chi connectivity index (χ2n) is 6.75. The van der Waals surface area contributed by atoms with E-state index < -0.39 is 0 Å². The number of hydrogen-bond acceptors (Lipinski definition) is 6. The average Bonchev–Trinajstić information content (AvgIpc) is 3.36. The van der Waals surface area contributed by atoms with Crippen molar-refractivity contribution in [3.63, 3.8) is 0 Å². The molecule has 7 heteroatoms. The molecule has 156 valence electrons. The fraction of sp³-hybridized carbons (Fsp3) is 0.125. The van der Waals surface area contributed by atoms with Crippen LogP contribution in [0.3, 0.4) is 0 Å². The van der Waals surface area contributed by atoms with Crippen LogP contribution in [0.15, 0.2) is 71.1 Å². The summed E-state index contributed by atoms with van der Waals surface area (Å²) in [5.74, 6) is 0.987. The maximum Gasteiger partial charge on any atom is 0.272 e. The van der Waals surface area contributed by atoms with Gasteiger partial charge in [0.1, 0.15) is 11.5 Å². The molecule has 0 bridgehead atoms. The SMILES string of the molecule is COc1ccc(-c2cc(C(=O)N/N=C(/C)c3cccs3)c3ccccc3n2)c(OC)c1. The summed E-state index contributed by atoms with van der Waals surface area (Å²) in [5.41, 5.74) is 6.02. The van der Waals surface area contributed by atoms with Crippen LogP contribution in [0, 0.1) is 0 Å². The van der Waals surface area contributed by atoms with Crippen LogP contribution in [-0.4, -0.2) is 30.8 Å². The van der Waals surface area contributed by atoms with Gasteiger partial charge in [0.2, 0.25) is 0 Å². The van der Waals surface area contributed by atoms with Crippen LogP contribution in [0.25, 0.3) is 22.2 Å². The highest BCUT2D eigenvalue weighted by Gasteiger charge is 2.16. The number of amides is 1. The van der Waals surface area contributed by atoms with Gasteiger partial charge in [-0.15, -0.1) is 11.3 Å². The number of carbonyl (C=O) groups excluding carboxylic acids is 1. The van der Waals surface area contributed by atoms with E-state index in [-0.39, 0.29) is 5.91 Å². The molecule has 0 spiro atoms. The zero-order valence-electron chi connectivity index (χ0n) is 17.4. The molecule has 1 amide bonds. The normalized spacial score (nSPS) is 11.4. The van der Waals surface area contributed by atoms with Crippen molar-refractivity contribution >= 4 is 33.9 Å². The second-order valence-corrected chi connectivity index (χ2v) is 7.70. The van der Waals surface area contributed by atoms with Crippen LogP contribution in [0.2, 0.25) is 0 Å². The zero-order chi connectivity index (χ0) is 21.8. The summed E-state index contributed by atoms with van der Waals surface area (Å²) in [4.78, 5) is 18.8. The van der Waals surface area contributed by atoms with Gasteiger partial charge in [-0.3, -0.25) is 4.79 Å². The fourth-order valence-electron chi connectivity index (χ4n) is 3.25. The number of para-hydroxylation sites is 1. The number of nitrogens with zero attached hydrogens (tertiary/aromatic N) is 2. The Morgan fingerprint density at radius 3 is 2.61 bits per heavy atom. The summed E-state index contributed by atoms with van der Waals surface area (Å²) < 4.78 is 10.8. The first kappa shape index (κ1) is 20.6. The second kappa shape index (κ2) is 8.97. The van der Waals surface area contributed by atoms with Gasteiger partial charge in [0.25, 0.3) is 5.91 Å². The lowest BCUT2D eigenvalue weighted by molar-refractivity contribution is 0.0956. The van der Waals surface area contributed by atoms with Crippen LogP contribution in [0.5, 0.6) is 11.5 Å². The summed E-state index contributed by atoms with van der Waals surface area (Å²) in [6.45, 7) is 1.87. The standard InChI is InChI=1S/C24H21N3O3S/c1-15(23-9-6-12-31-23)26-27-24(28)19-14-21(25-20-8-5-4-7-17(19)20)18-11-10-16(29-2)13-22(18)30-3/h4-14H,1-3H3,(H,27,28)/b26-15-. The summed E-state index contributed by atoms with van der Waals surface area (Å²) in [7, 11) is 3.19. The number of carbonyl (C=O) groups is 1. The highest BCUT2D eigenvalue weighted by molar-refractivity contribution is 7.12.